The molecule has 9 aromatic rings. The Labute approximate surface area is 326 Å². The zero-order valence-electron chi connectivity index (χ0n) is 30.9. The SMILES string of the molecule is C1=CC(C2=CC=C(c3cccc(-c4ccccc4)c3)CC2)NC(n2c3ccccc3c3cc(-c4ccc5c6ccccc6n(-c6ccccc6)c5c4)ccc32)N1. The third-order valence-corrected chi connectivity index (χ3v) is 11.8. The van der Waals surface area contributed by atoms with Crippen molar-refractivity contribution in [1.82, 2.24) is 19.8 Å². The number of benzene rings is 7. The summed E-state index contributed by atoms with van der Waals surface area (Å²) in [5.41, 5.74) is 15.0. The molecule has 7 aromatic carbocycles. The van der Waals surface area contributed by atoms with Crippen LogP contribution in [0, 0.1) is 0 Å². The van der Waals surface area contributed by atoms with Crippen LogP contribution in [-0.2, 0) is 0 Å². The lowest BCUT2D eigenvalue weighted by Gasteiger charge is -2.32. The summed E-state index contributed by atoms with van der Waals surface area (Å²) in [6.45, 7) is 0. The molecule has 2 aromatic heterocycles. The summed E-state index contributed by atoms with van der Waals surface area (Å²) in [6.07, 6.45) is 11.0. The molecule has 0 saturated heterocycles. The van der Waals surface area contributed by atoms with Crippen molar-refractivity contribution in [2.75, 3.05) is 0 Å². The first kappa shape index (κ1) is 32.5. The van der Waals surface area contributed by atoms with Crippen molar-refractivity contribution in [2.24, 2.45) is 0 Å². The first-order valence-electron chi connectivity index (χ1n) is 19.6. The number of aromatic nitrogens is 2. The first-order chi connectivity index (χ1) is 27.8. The monoisotopic (exact) mass is 720 g/mol. The van der Waals surface area contributed by atoms with E-state index >= 15 is 0 Å². The van der Waals surface area contributed by atoms with Gasteiger partial charge in [-0.3, -0.25) is 5.32 Å². The average Bonchev–Trinajstić information content (AvgIpc) is 3.79. The molecule has 3 heterocycles. The van der Waals surface area contributed by atoms with E-state index in [0.29, 0.717) is 0 Å². The predicted octanol–water partition coefficient (Wildman–Crippen LogP) is 12.6. The molecule has 0 amide bonds. The molecule has 1 aliphatic carbocycles. The van der Waals surface area contributed by atoms with Crippen LogP contribution in [0.15, 0.2) is 200 Å². The van der Waals surface area contributed by atoms with Crippen LogP contribution in [0.25, 0.3) is 77.1 Å². The largest absolute Gasteiger partial charge is 0.359 e. The molecule has 2 unspecified atom stereocenters. The number of nitrogens with zero attached hydrogens (tertiary/aromatic N) is 2. The Morgan fingerprint density at radius 3 is 1.91 bits per heavy atom. The van der Waals surface area contributed by atoms with E-state index in [1.807, 2.05) is 0 Å². The molecule has 0 spiro atoms. The van der Waals surface area contributed by atoms with Crippen molar-refractivity contribution < 1.29 is 0 Å². The van der Waals surface area contributed by atoms with Crippen molar-refractivity contribution in [3.63, 3.8) is 0 Å². The fraction of sp³-hybridized carbons (Fsp3) is 0.0769. The fourth-order valence-corrected chi connectivity index (χ4v) is 9.04. The van der Waals surface area contributed by atoms with Crippen LogP contribution in [-0.4, -0.2) is 15.2 Å². The van der Waals surface area contributed by atoms with Gasteiger partial charge in [-0.25, -0.2) is 0 Å². The van der Waals surface area contributed by atoms with Gasteiger partial charge in [0, 0.05) is 27.2 Å². The maximum absolute atomic E-state index is 3.96. The second-order valence-corrected chi connectivity index (χ2v) is 15.0. The van der Waals surface area contributed by atoms with E-state index in [1.165, 1.54) is 88.3 Å². The molecule has 2 aliphatic rings. The number of nitrogens with one attached hydrogen (secondary N) is 2. The summed E-state index contributed by atoms with van der Waals surface area (Å²) in [4.78, 5) is 0. The van der Waals surface area contributed by atoms with Gasteiger partial charge in [-0.2, -0.15) is 0 Å². The van der Waals surface area contributed by atoms with Gasteiger partial charge in [0.15, 0.2) is 6.29 Å². The van der Waals surface area contributed by atoms with E-state index in [0.717, 1.165) is 12.8 Å². The van der Waals surface area contributed by atoms with E-state index in [-0.39, 0.29) is 12.3 Å². The van der Waals surface area contributed by atoms with E-state index in [2.05, 4.69) is 214 Å². The van der Waals surface area contributed by atoms with Gasteiger partial charge in [0.25, 0.3) is 0 Å². The highest BCUT2D eigenvalue weighted by atomic mass is 15.3. The lowest BCUT2D eigenvalue weighted by Crippen LogP contribution is -2.45. The van der Waals surface area contributed by atoms with E-state index in [4.69, 9.17) is 0 Å². The van der Waals surface area contributed by atoms with Gasteiger partial charge >= 0.3 is 0 Å². The Kier molecular flexibility index (Phi) is 7.82. The topological polar surface area (TPSA) is 33.9 Å². The third kappa shape index (κ3) is 5.49. The molecular formula is C52H40N4. The van der Waals surface area contributed by atoms with Crippen LogP contribution in [0.5, 0.6) is 0 Å². The van der Waals surface area contributed by atoms with Crippen molar-refractivity contribution in [1.29, 1.82) is 0 Å². The summed E-state index contributed by atoms with van der Waals surface area (Å²) < 4.78 is 4.83. The van der Waals surface area contributed by atoms with Gasteiger partial charge in [-0.05, 0) is 113 Å². The van der Waals surface area contributed by atoms with Crippen LogP contribution < -0.4 is 10.6 Å². The quantitative estimate of drug-likeness (QED) is 0.179. The van der Waals surface area contributed by atoms with Gasteiger partial charge in [0.05, 0.1) is 28.1 Å². The third-order valence-electron chi connectivity index (χ3n) is 11.8. The minimum absolute atomic E-state index is 0.106. The van der Waals surface area contributed by atoms with E-state index < -0.39 is 0 Å². The van der Waals surface area contributed by atoms with Crippen LogP contribution in [0.1, 0.15) is 24.7 Å². The fourth-order valence-electron chi connectivity index (χ4n) is 9.04. The Bertz CT molecular complexity index is 3030. The molecule has 0 bridgehead atoms. The minimum atomic E-state index is -0.106. The molecule has 4 heteroatoms. The van der Waals surface area contributed by atoms with Gasteiger partial charge in [0.2, 0.25) is 0 Å². The molecule has 2 atom stereocenters. The summed E-state index contributed by atoms with van der Waals surface area (Å²) in [5, 5.41) is 12.7. The Hall–Kier alpha value is -6.88. The minimum Gasteiger partial charge on any atom is -0.359 e. The molecule has 0 fully saturated rings. The molecule has 268 valence electrons. The van der Waals surface area contributed by atoms with Crippen LogP contribution in [0.2, 0.25) is 0 Å². The second kappa shape index (κ2) is 13.5. The number of allylic oxidation sites excluding steroid dienone is 3. The number of para-hydroxylation sites is 3. The maximum Gasteiger partial charge on any atom is 0.160 e. The maximum atomic E-state index is 3.96. The Balaban J connectivity index is 0.930. The van der Waals surface area contributed by atoms with Crippen LogP contribution in [0.3, 0.4) is 0 Å². The normalized spacial score (nSPS) is 17.0. The molecule has 0 radical (unpaired) electrons. The summed E-state index contributed by atoms with van der Waals surface area (Å²) in [6, 6.07) is 61.8. The summed E-state index contributed by atoms with van der Waals surface area (Å²) >= 11 is 0. The zero-order chi connectivity index (χ0) is 37.0. The molecule has 4 nitrogen and oxygen atoms in total. The highest BCUT2D eigenvalue weighted by Crippen LogP contribution is 2.39. The number of rotatable bonds is 6. The smallest absolute Gasteiger partial charge is 0.160 e. The van der Waals surface area contributed by atoms with Gasteiger partial charge < -0.3 is 14.5 Å². The zero-order valence-corrected chi connectivity index (χ0v) is 30.9. The summed E-state index contributed by atoms with van der Waals surface area (Å²) in [7, 11) is 0. The Morgan fingerprint density at radius 2 is 1.09 bits per heavy atom. The van der Waals surface area contributed by atoms with Gasteiger partial charge in [0.1, 0.15) is 0 Å². The molecule has 2 N–H and O–H groups in total. The number of hydrogen-bond acceptors (Lipinski definition) is 2. The van der Waals surface area contributed by atoms with Gasteiger partial charge in [-0.1, -0.05) is 133 Å². The molecule has 1 aliphatic heterocycles. The van der Waals surface area contributed by atoms with E-state index in [1.54, 1.807) is 0 Å². The highest BCUT2D eigenvalue weighted by Gasteiger charge is 2.25. The van der Waals surface area contributed by atoms with Crippen molar-refractivity contribution in [2.45, 2.75) is 25.2 Å². The molecule has 56 heavy (non-hydrogen) atoms. The van der Waals surface area contributed by atoms with Crippen molar-refractivity contribution in [3.8, 4) is 27.9 Å². The molecular weight excluding hydrogens is 681 g/mol. The van der Waals surface area contributed by atoms with Crippen LogP contribution in [0.4, 0.5) is 0 Å². The summed E-state index contributed by atoms with van der Waals surface area (Å²) in [5.74, 6) is 0. The van der Waals surface area contributed by atoms with Crippen molar-refractivity contribution in [3.05, 3.63) is 205 Å². The lowest BCUT2D eigenvalue weighted by molar-refractivity contribution is 0.352. The lowest BCUT2D eigenvalue weighted by atomic mass is 9.88. The number of hydrogen-bond donors (Lipinski definition) is 2. The second-order valence-electron chi connectivity index (χ2n) is 15.0. The first-order valence-corrected chi connectivity index (χ1v) is 19.6. The van der Waals surface area contributed by atoms with Crippen molar-refractivity contribution >= 4 is 49.2 Å². The predicted molar refractivity (Wildman–Crippen MR) is 235 cm³/mol. The van der Waals surface area contributed by atoms with Gasteiger partial charge in [-0.15, -0.1) is 0 Å². The molecule has 11 rings (SSSR count). The highest BCUT2D eigenvalue weighted by molar-refractivity contribution is 6.12. The standard InChI is InChI=1S/C52H40N4/c1-3-12-35(13-4-1)38-14-11-15-39(32-38)36-22-24-37(25-23-36)47-30-31-53-52(54-47)56-49-21-10-8-19-44(49)46-33-40(27-29-50(46)56)41-26-28-45-43-18-7-9-20-48(43)55(51(45)34-41)42-16-5-2-6-17-42/h1-22,24,26-34,47,52-54H,23,25H2. The van der Waals surface area contributed by atoms with Crippen LogP contribution >= 0.6 is 0 Å². The average molecular weight is 721 g/mol. The molecule has 0 saturated carbocycles. The van der Waals surface area contributed by atoms with E-state index in [9.17, 15) is 0 Å². The number of fused-ring (bicyclic) bond motifs is 6. The Morgan fingerprint density at radius 1 is 0.446 bits per heavy atom.